The van der Waals surface area contributed by atoms with E-state index in [9.17, 15) is 4.79 Å². The molecule has 0 saturated carbocycles. The van der Waals surface area contributed by atoms with E-state index in [0.29, 0.717) is 5.01 Å². The lowest BCUT2D eigenvalue weighted by atomic mass is 10.1. The third-order valence-electron chi connectivity index (χ3n) is 2.37. The van der Waals surface area contributed by atoms with E-state index in [2.05, 4.69) is 23.2 Å². The lowest BCUT2D eigenvalue weighted by molar-refractivity contribution is -0.136. The van der Waals surface area contributed by atoms with Gasteiger partial charge in [-0.25, -0.2) is 4.98 Å². The summed E-state index contributed by atoms with van der Waals surface area (Å²) in [6, 6.07) is 6.23. The van der Waals surface area contributed by atoms with Crippen LogP contribution >= 0.6 is 11.3 Å². The summed E-state index contributed by atoms with van der Waals surface area (Å²) in [5.74, 6) is -0.841. The number of aryl methyl sites for hydroxylation is 2. The first-order valence-electron chi connectivity index (χ1n) is 5.29. The van der Waals surface area contributed by atoms with Gasteiger partial charge in [-0.05, 0) is 26.0 Å². The number of thiazole rings is 1. The van der Waals surface area contributed by atoms with Crippen molar-refractivity contribution in [2.45, 2.75) is 20.3 Å². The van der Waals surface area contributed by atoms with Crippen LogP contribution in [-0.4, -0.2) is 16.1 Å². The van der Waals surface area contributed by atoms with Gasteiger partial charge in [-0.3, -0.25) is 4.79 Å². The molecule has 1 aromatic heterocycles. The molecule has 17 heavy (non-hydrogen) atoms. The van der Waals surface area contributed by atoms with Crippen molar-refractivity contribution < 1.29 is 9.90 Å². The zero-order valence-electron chi connectivity index (χ0n) is 9.73. The van der Waals surface area contributed by atoms with Gasteiger partial charge in [0.15, 0.2) is 0 Å². The van der Waals surface area contributed by atoms with Gasteiger partial charge in [-0.2, -0.15) is 0 Å². The standard InChI is InChI=1S/C13H13NO2S/c1-8-3-9(2)5-10(4-8)11-7-17-12(14-11)6-13(15)16/h3-5,7H,6H2,1-2H3,(H,15,16). The number of carbonyl (C=O) groups is 1. The van der Waals surface area contributed by atoms with Crippen LogP contribution in [0.25, 0.3) is 11.3 Å². The summed E-state index contributed by atoms with van der Waals surface area (Å²) in [6.07, 6.45) is -0.00450. The Morgan fingerprint density at radius 2 is 1.94 bits per heavy atom. The minimum absolute atomic E-state index is 0.00450. The minimum Gasteiger partial charge on any atom is -0.481 e. The zero-order valence-corrected chi connectivity index (χ0v) is 10.5. The molecule has 2 aromatic rings. The highest BCUT2D eigenvalue weighted by Crippen LogP contribution is 2.24. The number of nitrogens with zero attached hydrogens (tertiary/aromatic N) is 1. The molecule has 0 bridgehead atoms. The van der Waals surface area contributed by atoms with Gasteiger partial charge in [0.05, 0.1) is 12.1 Å². The molecular weight excluding hydrogens is 234 g/mol. The molecular formula is C13H13NO2S. The number of carboxylic acids is 1. The predicted octanol–water partition coefficient (Wildman–Crippen LogP) is 3.05. The summed E-state index contributed by atoms with van der Waals surface area (Å²) in [5, 5.41) is 11.3. The largest absolute Gasteiger partial charge is 0.481 e. The number of rotatable bonds is 3. The normalized spacial score (nSPS) is 10.5. The fourth-order valence-corrected chi connectivity index (χ4v) is 2.57. The lowest BCUT2D eigenvalue weighted by Crippen LogP contribution is -1.99. The molecule has 0 spiro atoms. The third-order valence-corrected chi connectivity index (χ3v) is 3.22. The predicted molar refractivity (Wildman–Crippen MR) is 68.4 cm³/mol. The van der Waals surface area contributed by atoms with E-state index in [1.807, 2.05) is 19.2 Å². The Hall–Kier alpha value is -1.68. The Morgan fingerprint density at radius 1 is 1.29 bits per heavy atom. The van der Waals surface area contributed by atoms with Gasteiger partial charge in [0.1, 0.15) is 5.01 Å². The van der Waals surface area contributed by atoms with Gasteiger partial charge < -0.3 is 5.11 Å². The van der Waals surface area contributed by atoms with E-state index in [1.165, 1.54) is 22.5 Å². The molecule has 1 heterocycles. The Bertz CT molecular complexity index is 540. The fourth-order valence-electron chi connectivity index (χ4n) is 1.78. The third kappa shape index (κ3) is 2.91. The molecule has 1 aromatic carbocycles. The van der Waals surface area contributed by atoms with Gasteiger partial charge in [0.25, 0.3) is 0 Å². The van der Waals surface area contributed by atoms with Crippen LogP contribution in [0.2, 0.25) is 0 Å². The summed E-state index contributed by atoms with van der Waals surface area (Å²) in [7, 11) is 0. The number of benzene rings is 1. The smallest absolute Gasteiger partial charge is 0.310 e. The molecule has 0 aliphatic heterocycles. The molecule has 0 atom stereocenters. The quantitative estimate of drug-likeness (QED) is 0.906. The number of hydrogen-bond donors (Lipinski definition) is 1. The first-order valence-corrected chi connectivity index (χ1v) is 6.17. The number of aromatic nitrogens is 1. The van der Waals surface area contributed by atoms with Crippen LogP contribution in [0.3, 0.4) is 0 Å². The van der Waals surface area contributed by atoms with Crippen LogP contribution < -0.4 is 0 Å². The van der Waals surface area contributed by atoms with Crippen LogP contribution in [0.5, 0.6) is 0 Å². The SMILES string of the molecule is Cc1cc(C)cc(-c2csc(CC(=O)O)n2)c1. The monoisotopic (exact) mass is 247 g/mol. The number of hydrogen-bond acceptors (Lipinski definition) is 3. The van der Waals surface area contributed by atoms with Crippen LogP contribution in [0.1, 0.15) is 16.1 Å². The average molecular weight is 247 g/mol. The molecule has 4 heteroatoms. The Balaban J connectivity index is 2.33. The van der Waals surface area contributed by atoms with E-state index in [4.69, 9.17) is 5.11 Å². The van der Waals surface area contributed by atoms with Gasteiger partial charge in [0, 0.05) is 10.9 Å². The lowest BCUT2D eigenvalue weighted by Gasteiger charge is -2.01. The molecule has 0 aliphatic rings. The van der Waals surface area contributed by atoms with Crippen LogP contribution in [0.4, 0.5) is 0 Å². The van der Waals surface area contributed by atoms with Crippen molar-refractivity contribution in [3.8, 4) is 11.3 Å². The Labute approximate surface area is 104 Å². The van der Waals surface area contributed by atoms with E-state index in [1.54, 1.807) is 0 Å². The van der Waals surface area contributed by atoms with Crippen LogP contribution in [0, 0.1) is 13.8 Å². The van der Waals surface area contributed by atoms with Crippen molar-refractivity contribution in [3.05, 3.63) is 39.7 Å². The van der Waals surface area contributed by atoms with E-state index >= 15 is 0 Å². The van der Waals surface area contributed by atoms with Gasteiger partial charge >= 0.3 is 5.97 Å². The van der Waals surface area contributed by atoms with Gasteiger partial charge in [-0.15, -0.1) is 11.3 Å². The van der Waals surface area contributed by atoms with Crippen molar-refractivity contribution in [3.63, 3.8) is 0 Å². The molecule has 0 unspecified atom stereocenters. The minimum atomic E-state index is -0.841. The van der Waals surface area contributed by atoms with E-state index < -0.39 is 5.97 Å². The first-order chi connectivity index (χ1) is 8.04. The molecule has 0 saturated heterocycles. The number of carboxylic acid groups (broad SMARTS) is 1. The van der Waals surface area contributed by atoms with Crippen molar-refractivity contribution >= 4 is 17.3 Å². The average Bonchev–Trinajstić information content (AvgIpc) is 2.63. The van der Waals surface area contributed by atoms with E-state index in [0.717, 1.165) is 11.3 Å². The van der Waals surface area contributed by atoms with E-state index in [-0.39, 0.29) is 6.42 Å². The molecule has 0 aliphatic carbocycles. The Kier molecular flexibility index (Phi) is 3.24. The van der Waals surface area contributed by atoms with Gasteiger partial charge in [0.2, 0.25) is 0 Å². The second-order valence-corrected chi connectivity index (χ2v) is 5.02. The molecule has 88 valence electrons. The Morgan fingerprint density at radius 3 is 2.53 bits per heavy atom. The van der Waals surface area contributed by atoms with Crippen molar-refractivity contribution in [1.29, 1.82) is 0 Å². The maximum absolute atomic E-state index is 10.6. The summed E-state index contributed by atoms with van der Waals surface area (Å²) in [6.45, 7) is 4.09. The summed E-state index contributed by atoms with van der Waals surface area (Å²) in [5.41, 5.74) is 4.29. The fraction of sp³-hybridized carbons (Fsp3) is 0.231. The van der Waals surface area contributed by atoms with Crippen molar-refractivity contribution in [2.24, 2.45) is 0 Å². The second-order valence-electron chi connectivity index (χ2n) is 4.07. The first kappa shape index (κ1) is 11.8. The summed E-state index contributed by atoms with van der Waals surface area (Å²) in [4.78, 5) is 14.9. The number of aliphatic carboxylic acids is 1. The van der Waals surface area contributed by atoms with Crippen molar-refractivity contribution in [2.75, 3.05) is 0 Å². The summed E-state index contributed by atoms with van der Waals surface area (Å²) >= 11 is 1.39. The maximum Gasteiger partial charge on any atom is 0.310 e. The summed E-state index contributed by atoms with van der Waals surface area (Å²) < 4.78 is 0. The highest BCUT2D eigenvalue weighted by Gasteiger charge is 2.08. The van der Waals surface area contributed by atoms with Gasteiger partial charge in [-0.1, -0.05) is 17.2 Å². The highest BCUT2D eigenvalue weighted by molar-refractivity contribution is 7.10. The van der Waals surface area contributed by atoms with Crippen molar-refractivity contribution in [1.82, 2.24) is 4.98 Å². The maximum atomic E-state index is 10.6. The second kappa shape index (κ2) is 4.67. The molecule has 0 radical (unpaired) electrons. The highest BCUT2D eigenvalue weighted by atomic mass is 32.1. The molecule has 1 N–H and O–H groups in total. The molecule has 3 nitrogen and oxygen atoms in total. The molecule has 2 rings (SSSR count). The van der Waals surface area contributed by atoms with Crippen LogP contribution in [0.15, 0.2) is 23.6 Å². The topological polar surface area (TPSA) is 50.2 Å². The zero-order chi connectivity index (χ0) is 12.4. The molecule has 0 amide bonds. The van der Waals surface area contributed by atoms with Crippen LogP contribution in [-0.2, 0) is 11.2 Å². The molecule has 0 fully saturated rings.